The van der Waals surface area contributed by atoms with Crippen molar-refractivity contribution in [3.63, 3.8) is 0 Å². The van der Waals surface area contributed by atoms with Gasteiger partial charge in [0.15, 0.2) is 0 Å². The fourth-order valence-corrected chi connectivity index (χ4v) is 1.30. The van der Waals surface area contributed by atoms with Crippen LogP contribution in [0.5, 0.6) is 0 Å². The lowest BCUT2D eigenvalue weighted by atomic mass is 10.2. The molecule has 1 N–H and O–H groups in total. The van der Waals surface area contributed by atoms with Crippen molar-refractivity contribution in [2.45, 2.75) is 19.4 Å². The zero-order valence-electron chi connectivity index (χ0n) is 9.38. The van der Waals surface area contributed by atoms with E-state index in [0.717, 1.165) is 6.20 Å². The smallest absolute Gasteiger partial charge is 0.289 e. The van der Waals surface area contributed by atoms with E-state index in [2.05, 4.69) is 16.9 Å². The summed E-state index contributed by atoms with van der Waals surface area (Å²) in [5.41, 5.74) is -0.0291. The van der Waals surface area contributed by atoms with Gasteiger partial charge in [0.2, 0.25) is 0 Å². The van der Waals surface area contributed by atoms with Gasteiger partial charge in [-0.2, -0.15) is 5.26 Å². The van der Waals surface area contributed by atoms with Crippen molar-refractivity contribution in [3.8, 4) is 6.07 Å². The van der Waals surface area contributed by atoms with Crippen molar-refractivity contribution in [2.24, 2.45) is 0 Å². The van der Waals surface area contributed by atoms with Gasteiger partial charge in [0.05, 0.1) is 4.92 Å². The molecule has 0 aliphatic heterocycles. The molecule has 0 spiro atoms. The Morgan fingerprint density at radius 2 is 2.53 bits per heavy atom. The van der Waals surface area contributed by atoms with E-state index in [1.807, 2.05) is 13.0 Å². The van der Waals surface area contributed by atoms with Crippen LogP contribution in [0.15, 0.2) is 24.9 Å². The molecule has 1 unspecified atom stereocenters. The summed E-state index contributed by atoms with van der Waals surface area (Å²) in [6.45, 7) is 5.52. The molecule has 0 bridgehead atoms. The molecule has 0 radical (unpaired) electrons. The largest absolute Gasteiger partial charge is 0.366 e. The Hall–Kier alpha value is -2.42. The van der Waals surface area contributed by atoms with E-state index < -0.39 is 4.92 Å². The minimum atomic E-state index is -0.579. The molecule has 1 atom stereocenters. The highest BCUT2D eigenvalue weighted by atomic mass is 16.6. The van der Waals surface area contributed by atoms with Gasteiger partial charge in [-0.1, -0.05) is 6.08 Å². The second kappa shape index (κ2) is 5.61. The Morgan fingerprint density at radius 3 is 3.06 bits per heavy atom. The number of nitro groups is 1. The molecule has 0 fully saturated rings. The normalized spacial score (nSPS) is 11.3. The fraction of sp³-hybridized carbons (Fsp3) is 0.273. The van der Waals surface area contributed by atoms with Crippen LogP contribution in [-0.4, -0.2) is 15.9 Å². The molecule has 1 aromatic rings. The van der Waals surface area contributed by atoms with E-state index >= 15 is 0 Å². The summed E-state index contributed by atoms with van der Waals surface area (Å²) in [5, 5.41) is 22.4. The monoisotopic (exact) mass is 232 g/mol. The first kappa shape index (κ1) is 12.6. The minimum absolute atomic E-state index is 0.0635. The van der Waals surface area contributed by atoms with E-state index in [-0.39, 0.29) is 17.3 Å². The van der Waals surface area contributed by atoms with Crippen LogP contribution in [0.25, 0.3) is 0 Å². The molecular formula is C11H12N4O2. The first-order valence-electron chi connectivity index (χ1n) is 5.00. The fourth-order valence-electron chi connectivity index (χ4n) is 1.30. The van der Waals surface area contributed by atoms with Gasteiger partial charge in [-0.15, -0.1) is 6.58 Å². The molecular weight excluding hydrogens is 220 g/mol. The second-order valence-electron chi connectivity index (χ2n) is 3.53. The average molecular weight is 232 g/mol. The number of hydrogen-bond acceptors (Lipinski definition) is 5. The number of nitrogens with one attached hydrogen (secondary N) is 1. The van der Waals surface area contributed by atoms with Gasteiger partial charge in [0.25, 0.3) is 5.69 Å². The maximum atomic E-state index is 10.5. The SMILES string of the molecule is C=CCC(C)Nc1ncc([N+](=O)[O-])cc1C#N. The molecule has 0 amide bonds. The zero-order valence-corrected chi connectivity index (χ0v) is 9.38. The van der Waals surface area contributed by atoms with Crippen LogP contribution in [0, 0.1) is 21.4 Å². The van der Waals surface area contributed by atoms with Gasteiger partial charge in [-0.25, -0.2) is 4.98 Å². The third kappa shape index (κ3) is 3.28. The lowest BCUT2D eigenvalue weighted by molar-refractivity contribution is -0.385. The van der Waals surface area contributed by atoms with Crippen LogP contribution in [0.1, 0.15) is 18.9 Å². The summed E-state index contributed by atoms with van der Waals surface area (Å²) in [5.74, 6) is 0.354. The molecule has 0 aliphatic rings. The Labute approximate surface area is 98.7 Å². The third-order valence-electron chi connectivity index (χ3n) is 2.11. The molecule has 6 heteroatoms. The quantitative estimate of drug-likeness (QED) is 0.477. The Kier molecular flexibility index (Phi) is 4.17. The molecule has 0 aliphatic carbocycles. The lowest BCUT2D eigenvalue weighted by Gasteiger charge is -2.12. The van der Waals surface area contributed by atoms with Gasteiger partial charge in [0, 0.05) is 12.1 Å². The molecule has 6 nitrogen and oxygen atoms in total. The Balaban J connectivity index is 2.97. The van der Waals surface area contributed by atoms with Gasteiger partial charge in [-0.3, -0.25) is 10.1 Å². The molecule has 0 aromatic carbocycles. The van der Waals surface area contributed by atoms with Crippen molar-refractivity contribution >= 4 is 11.5 Å². The van der Waals surface area contributed by atoms with E-state index in [0.29, 0.717) is 12.2 Å². The van der Waals surface area contributed by atoms with Crippen LogP contribution < -0.4 is 5.32 Å². The summed E-state index contributed by atoms with van der Waals surface area (Å²) >= 11 is 0. The number of nitriles is 1. The predicted molar refractivity (Wildman–Crippen MR) is 63.5 cm³/mol. The number of pyridine rings is 1. The van der Waals surface area contributed by atoms with Crippen LogP contribution >= 0.6 is 0 Å². The predicted octanol–water partition coefficient (Wildman–Crippen LogP) is 2.24. The number of nitrogens with zero attached hydrogens (tertiary/aromatic N) is 3. The van der Waals surface area contributed by atoms with Gasteiger partial charge in [-0.05, 0) is 13.3 Å². The standard InChI is InChI=1S/C11H12N4O2/c1-3-4-8(2)14-11-9(6-12)5-10(7-13-11)15(16)17/h3,5,7-8H,1,4H2,2H3,(H,13,14). The minimum Gasteiger partial charge on any atom is -0.366 e. The first-order chi connectivity index (χ1) is 8.08. The van der Waals surface area contributed by atoms with Crippen LogP contribution in [0.3, 0.4) is 0 Å². The van der Waals surface area contributed by atoms with Crippen molar-refractivity contribution in [2.75, 3.05) is 5.32 Å². The van der Waals surface area contributed by atoms with E-state index in [1.54, 1.807) is 6.08 Å². The number of rotatable bonds is 5. The maximum absolute atomic E-state index is 10.5. The van der Waals surface area contributed by atoms with E-state index in [4.69, 9.17) is 5.26 Å². The first-order valence-corrected chi connectivity index (χ1v) is 5.00. The maximum Gasteiger partial charge on any atom is 0.289 e. The summed E-state index contributed by atoms with van der Waals surface area (Å²) < 4.78 is 0. The molecule has 88 valence electrons. The van der Waals surface area contributed by atoms with E-state index in [9.17, 15) is 10.1 Å². The third-order valence-corrected chi connectivity index (χ3v) is 2.11. The van der Waals surface area contributed by atoms with E-state index in [1.165, 1.54) is 6.07 Å². The van der Waals surface area contributed by atoms with Crippen LogP contribution in [-0.2, 0) is 0 Å². The molecule has 17 heavy (non-hydrogen) atoms. The summed E-state index contributed by atoms with van der Waals surface area (Å²) in [6, 6.07) is 3.15. The summed E-state index contributed by atoms with van der Waals surface area (Å²) in [4.78, 5) is 13.8. The second-order valence-corrected chi connectivity index (χ2v) is 3.53. The summed E-state index contributed by atoms with van der Waals surface area (Å²) in [7, 11) is 0. The van der Waals surface area contributed by atoms with Crippen molar-refractivity contribution < 1.29 is 4.92 Å². The van der Waals surface area contributed by atoms with Gasteiger partial charge < -0.3 is 5.32 Å². The number of anilines is 1. The topological polar surface area (TPSA) is 91.8 Å². The number of hydrogen-bond donors (Lipinski definition) is 1. The van der Waals surface area contributed by atoms with Crippen molar-refractivity contribution in [1.82, 2.24) is 4.98 Å². The van der Waals surface area contributed by atoms with Crippen LogP contribution in [0.4, 0.5) is 11.5 Å². The number of aromatic nitrogens is 1. The molecule has 0 saturated heterocycles. The average Bonchev–Trinajstić information content (AvgIpc) is 2.29. The molecule has 0 saturated carbocycles. The highest BCUT2D eigenvalue weighted by Crippen LogP contribution is 2.19. The summed E-state index contributed by atoms with van der Waals surface area (Å²) in [6.07, 6.45) is 3.59. The Morgan fingerprint density at radius 1 is 1.82 bits per heavy atom. The highest BCUT2D eigenvalue weighted by molar-refractivity contribution is 5.55. The van der Waals surface area contributed by atoms with Crippen molar-refractivity contribution in [1.29, 1.82) is 5.26 Å². The molecule has 1 rings (SSSR count). The Bertz CT molecular complexity index is 479. The van der Waals surface area contributed by atoms with Gasteiger partial charge >= 0.3 is 0 Å². The van der Waals surface area contributed by atoms with Crippen LogP contribution in [0.2, 0.25) is 0 Å². The highest BCUT2D eigenvalue weighted by Gasteiger charge is 2.13. The van der Waals surface area contributed by atoms with Crippen molar-refractivity contribution in [3.05, 3.63) is 40.6 Å². The lowest BCUT2D eigenvalue weighted by Crippen LogP contribution is -2.16. The molecule has 1 aromatic heterocycles. The van der Waals surface area contributed by atoms with Gasteiger partial charge in [0.1, 0.15) is 23.6 Å². The molecule has 1 heterocycles. The zero-order chi connectivity index (χ0) is 12.8.